The number of halogens is 5. The second kappa shape index (κ2) is 15.4. The summed E-state index contributed by atoms with van der Waals surface area (Å²) in [6.07, 6.45) is 4.68. The monoisotopic (exact) mass is 865 g/mol. The molecule has 61 heavy (non-hydrogen) atoms. The minimum absolute atomic E-state index is 0.00883. The summed E-state index contributed by atoms with van der Waals surface area (Å²) >= 11 is 6.48. The summed E-state index contributed by atoms with van der Waals surface area (Å²) in [6.45, 7) is 4.24. The van der Waals surface area contributed by atoms with E-state index in [1.165, 1.54) is 50.6 Å². The first-order chi connectivity index (χ1) is 28.8. The number of allylic oxidation sites excluding steroid dienone is 4. The summed E-state index contributed by atoms with van der Waals surface area (Å²) in [7, 11) is 3.01. The number of alkyl halides is 3. The lowest BCUT2D eigenvalue weighted by molar-refractivity contribution is -0.274. The summed E-state index contributed by atoms with van der Waals surface area (Å²) in [5.74, 6) is -0.860. The summed E-state index contributed by atoms with van der Waals surface area (Å²) < 4.78 is 69.2. The highest BCUT2D eigenvalue weighted by Crippen LogP contribution is 2.78. The van der Waals surface area contributed by atoms with E-state index in [9.17, 15) is 33.0 Å². The molecule has 13 heteroatoms. The van der Waals surface area contributed by atoms with Crippen LogP contribution in [0.25, 0.3) is 0 Å². The van der Waals surface area contributed by atoms with Crippen molar-refractivity contribution in [3.63, 3.8) is 0 Å². The number of ketones is 1. The normalized spacial score (nSPS) is 32.3. The third kappa shape index (κ3) is 7.14. The van der Waals surface area contributed by atoms with Gasteiger partial charge < -0.3 is 29.3 Å². The van der Waals surface area contributed by atoms with Gasteiger partial charge in [0.05, 0.1) is 38.9 Å². The molecule has 0 heterocycles. The molecule has 2 N–H and O–H groups in total. The second-order valence-corrected chi connectivity index (χ2v) is 18.8. The fourth-order valence-electron chi connectivity index (χ4n) is 12.5. The molecule has 3 saturated carbocycles. The van der Waals surface area contributed by atoms with Gasteiger partial charge in [-0.2, -0.15) is 0 Å². The van der Waals surface area contributed by atoms with Gasteiger partial charge in [-0.15, -0.1) is 13.2 Å². The maximum atomic E-state index is 15.3. The van der Waals surface area contributed by atoms with Crippen molar-refractivity contribution in [3.05, 3.63) is 112 Å². The van der Waals surface area contributed by atoms with Crippen molar-refractivity contribution in [1.82, 2.24) is 4.90 Å². The highest BCUT2D eigenvalue weighted by molar-refractivity contribution is 6.31. The van der Waals surface area contributed by atoms with Crippen LogP contribution in [-0.4, -0.2) is 65.6 Å². The number of methoxy groups -OCH3 is 2. The van der Waals surface area contributed by atoms with Crippen LogP contribution in [0, 0.1) is 39.3 Å². The first-order valence-electron chi connectivity index (χ1n) is 20.9. The molecule has 9 rings (SSSR count). The number of fused-ring (bicyclic) bond motifs is 1. The first-order valence-corrected chi connectivity index (χ1v) is 21.3. The minimum Gasteiger partial charge on any atom is -0.493 e. The summed E-state index contributed by atoms with van der Waals surface area (Å²) in [6, 6.07) is 14.9. The molecule has 8 nitrogen and oxygen atoms in total. The van der Waals surface area contributed by atoms with Crippen molar-refractivity contribution in [1.29, 1.82) is 0 Å². The van der Waals surface area contributed by atoms with Gasteiger partial charge >= 0.3 is 6.36 Å². The Bertz CT molecular complexity index is 2260. The predicted octanol–water partition coefficient (Wildman–Crippen LogP) is 9.37. The van der Waals surface area contributed by atoms with Gasteiger partial charge in [0.2, 0.25) is 5.91 Å². The van der Waals surface area contributed by atoms with Crippen molar-refractivity contribution in [2.45, 2.75) is 96.2 Å². The molecule has 3 aromatic rings. The molecule has 326 valence electrons. The lowest BCUT2D eigenvalue weighted by Crippen LogP contribution is -2.67. The van der Waals surface area contributed by atoms with Crippen LogP contribution in [0.5, 0.6) is 17.2 Å². The molecule has 0 radical (unpaired) electrons. The molecule has 2 bridgehead atoms. The Morgan fingerprint density at radius 3 is 2.23 bits per heavy atom. The first kappa shape index (κ1) is 43.3. The fraction of sp³-hybridized carbons (Fsp3) is 0.500. The topological polar surface area (TPSA) is 106 Å². The molecular formula is C48H52ClF4NO7. The number of hydrogen-bond donors (Lipinski definition) is 2. The lowest BCUT2D eigenvalue weighted by Gasteiger charge is -2.71. The quantitative estimate of drug-likeness (QED) is 0.138. The predicted molar refractivity (Wildman–Crippen MR) is 220 cm³/mol. The zero-order valence-corrected chi connectivity index (χ0v) is 35.5. The van der Waals surface area contributed by atoms with Crippen molar-refractivity contribution >= 4 is 23.3 Å². The summed E-state index contributed by atoms with van der Waals surface area (Å²) in [4.78, 5) is 30.9. The van der Waals surface area contributed by atoms with Crippen molar-refractivity contribution < 1.29 is 51.6 Å². The van der Waals surface area contributed by atoms with Crippen LogP contribution in [0.15, 0.2) is 84.5 Å². The Balaban J connectivity index is 1.16. The second-order valence-electron chi connectivity index (χ2n) is 18.4. The zero-order valence-electron chi connectivity index (χ0n) is 34.8. The number of hydrogen-bond acceptors (Lipinski definition) is 7. The number of carbonyl (C=O) groups excluding carboxylic acids is 2. The van der Waals surface area contributed by atoms with Crippen LogP contribution < -0.4 is 14.2 Å². The van der Waals surface area contributed by atoms with Crippen LogP contribution in [0.4, 0.5) is 17.6 Å². The fourth-order valence-corrected chi connectivity index (χ4v) is 12.7. The Morgan fingerprint density at radius 2 is 1.54 bits per heavy atom. The van der Waals surface area contributed by atoms with Crippen molar-refractivity contribution in [2.75, 3.05) is 20.8 Å². The van der Waals surface area contributed by atoms with Crippen LogP contribution in [0.2, 0.25) is 5.02 Å². The molecule has 0 aliphatic heterocycles. The van der Waals surface area contributed by atoms with Crippen LogP contribution in [-0.2, 0) is 29.0 Å². The van der Waals surface area contributed by atoms with E-state index in [0.29, 0.717) is 66.7 Å². The Labute approximate surface area is 358 Å². The van der Waals surface area contributed by atoms with Crippen LogP contribution in [0.1, 0.15) is 75.5 Å². The standard InChI is InChI=1S/C48H52ClF4NO7/c1-43-17-14-31(55)25-45(43)20-21-47(34(26-45)37(56)24-33-35(49)6-5-7-36(33)50)40(43)15-18-44(2)41(47)16-19-46(44,58)28-54(27-29-8-11-32(12-9-29)61-48(51,52)53)42(57)23-30-10-13-38(59-3)39(22-30)60-4/h5-13,20-22,26,31,40-41,55,58H,14-19,23-25,27-28H2,1-4H3/t31?,40-,41-,43-,44+,45+,46-,47-/m1/s1. The van der Waals surface area contributed by atoms with Crippen LogP contribution in [0.3, 0.4) is 0 Å². The van der Waals surface area contributed by atoms with E-state index >= 15 is 4.39 Å². The average Bonchev–Trinajstić information content (AvgIpc) is 3.48. The number of nitrogens with zero attached hydrogens (tertiary/aromatic N) is 1. The number of aliphatic hydroxyl groups excluding tert-OH is 1. The molecule has 6 aliphatic rings. The molecule has 1 unspecified atom stereocenters. The van der Waals surface area contributed by atoms with E-state index < -0.39 is 45.9 Å². The number of aliphatic hydroxyl groups is 2. The van der Waals surface area contributed by atoms with E-state index in [0.717, 1.165) is 6.42 Å². The van der Waals surface area contributed by atoms with E-state index in [1.54, 1.807) is 29.2 Å². The van der Waals surface area contributed by atoms with E-state index in [1.807, 2.05) is 0 Å². The smallest absolute Gasteiger partial charge is 0.493 e. The molecule has 0 saturated heterocycles. The van der Waals surface area contributed by atoms with E-state index in [4.69, 9.17) is 21.1 Å². The maximum Gasteiger partial charge on any atom is 0.573 e. The van der Waals surface area contributed by atoms with Gasteiger partial charge in [-0.1, -0.05) is 67.9 Å². The molecule has 3 aromatic carbocycles. The van der Waals surface area contributed by atoms with Crippen LogP contribution >= 0.6 is 11.6 Å². The highest BCUT2D eigenvalue weighted by Gasteiger charge is 2.74. The molecular weight excluding hydrogens is 814 g/mol. The molecule has 8 atom stereocenters. The average molecular weight is 866 g/mol. The largest absolute Gasteiger partial charge is 0.573 e. The molecule has 6 aliphatic carbocycles. The lowest BCUT2D eigenvalue weighted by atomic mass is 9.32. The number of amides is 1. The van der Waals surface area contributed by atoms with Gasteiger partial charge in [-0.3, -0.25) is 9.59 Å². The van der Waals surface area contributed by atoms with Gasteiger partial charge in [0, 0.05) is 45.4 Å². The number of carbonyl (C=O) groups is 2. The Morgan fingerprint density at radius 1 is 0.869 bits per heavy atom. The third-order valence-electron chi connectivity index (χ3n) is 15.6. The Kier molecular flexibility index (Phi) is 11.0. The number of Topliss-reactive ketones (excluding diaryl/α,β-unsaturated/α-hetero) is 1. The van der Waals surface area contributed by atoms with Crippen molar-refractivity contribution in [2.24, 2.45) is 33.5 Å². The van der Waals surface area contributed by atoms with Gasteiger partial charge in [-0.25, -0.2) is 4.39 Å². The molecule has 1 amide bonds. The number of rotatable bonds is 12. The Hall–Kier alpha value is -4.39. The third-order valence-corrected chi connectivity index (χ3v) is 15.9. The van der Waals surface area contributed by atoms with Gasteiger partial charge in [-0.05, 0) is 110 Å². The molecule has 2 spiro atoms. The number of ether oxygens (including phenoxy) is 3. The molecule has 3 fully saturated rings. The minimum atomic E-state index is -4.87. The zero-order chi connectivity index (χ0) is 43.8. The van der Waals surface area contributed by atoms with Gasteiger partial charge in [0.25, 0.3) is 0 Å². The van der Waals surface area contributed by atoms with E-state index in [-0.39, 0.29) is 65.5 Å². The SMILES string of the molecule is COc1ccc(CC(=O)N(Cc2ccc(OC(F)(F)F)cc2)C[C@]2(O)CC[C@H]3[C@]45C=C[C@@]6(C=C4C(=O)Cc4c(F)cccc4Cl)CC(O)CC[C@]6(C)[C@H]5CC[C@@]32C)cc1OC. The van der Waals surface area contributed by atoms with Gasteiger partial charge in [0.1, 0.15) is 11.6 Å². The molecule has 0 aromatic heterocycles. The van der Waals surface area contributed by atoms with Gasteiger partial charge in [0.15, 0.2) is 17.3 Å². The van der Waals surface area contributed by atoms with Crippen molar-refractivity contribution in [3.8, 4) is 17.2 Å². The maximum absolute atomic E-state index is 15.3. The highest BCUT2D eigenvalue weighted by atomic mass is 35.5. The summed E-state index contributed by atoms with van der Waals surface area (Å²) in [5.41, 5.74) is -2.11. The summed E-state index contributed by atoms with van der Waals surface area (Å²) in [5, 5.41) is 24.4. The van der Waals surface area contributed by atoms with E-state index in [2.05, 4.69) is 36.8 Å². The number of benzene rings is 3.